The smallest absolute Gasteiger partial charge is 0.481 e. The summed E-state index contributed by atoms with van der Waals surface area (Å²) in [6.07, 6.45) is -2.69. The maximum atomic E-state index is 12.2. The molecule has 0 aliphatic carbocycles. The summed E-state index contributed by atoms with van der Waals surface area (Å²) >= 11 is 0. The van der Waals surface area contributed by atoms with Crippen LogP contribution in [-0.2, 0) is 4.79 Å². The van der Waals surface area contributed by atoms with Crippen molar-refractivity contribution in [2.45, 2.75) is 32.0 Å². The van der Waals surface area contributed by atoms with Crippen molar-refractivity contribution in [2.75, 3.05) is 11.9 Å². The zero-order chi connectivity index (χ0) is 15.0. The zero-order valence-corrected chi connectivity index (χ0v) is 10.7. The molecule has 0 aliphatic rings. The van der Waals surface area contributed by atoms with E-state index in [0.29, 0.717) is 25.8 Å². The lowest BCUT2D eigenvalue weighted by molar-refractivity contribution is -0.274. The van der Waals surface area contributed by atoms with Crippen molar-refractivity contribution < 1.29 is 27.8 Å². The Hall–Kier alpha value is -1.92. The monoisotopic (exact) mass is 291 g/mol. The van der Waals surface area contributed by atoms with Gasteiger partial charge in [0, 0.05) is 13.0 Å². The molecule has 0 bridgehead atoms. The van der Waals surface area contributed by atoms with Gasteiger partial charge in [0.2, 0.25) is 0 Å². The van der Waals surface area contributed by atoms with Crippen molar-refractivity contribution >= 4 is 11.7 Å². The second-order valence-corrected chi connectivity index (χ2v) is 4.18. The normalized spacial score (nSPS) is 11.2. The van der Waals surface area contributed by atoms with Crippen LogP contribution < -0.4 is 10.1 Å². The maximum absolute atomic E-state index is 12.2. The van der Waals surface area contributed by atoms with Crippen molar-refractivity contribution in [3.8, 4) is 5.75 Å². The highest BCUT2D eigenvalue weighted by molar-refractivity contribution is 5.66. The number of hydrogen-bond acceptors (Lipinski definition) is 3. The second kappa shape index (κ2) is 7.62. The average molecular weight is 291 g/mol. The standard InChI is InChI=1S/C13H16F3NO3/c14-13(15,16)20-11-7-4-3-6-10(11)17-9-5-1-2-8-12(18)19/h3-4,6-7,17H,1-2,5,8-9H2,(H,18,19). The molecule has 0 heterocycles. The van der Waals surface area contributed by atoms with Gasteiger partial charge in [0.15, 0.2) is 5.75 Å². The third kappa shape index (κ3) is 6.86. The molecule has 0 atom stereocenters. The predicted octanol–water partition coefficient (Wildman–Crippen LogP) is 3.64. The fraction of sp³-hybridized carbons (Fsp3) is 0.462. The average Bonchev–Trinajstić information content (AvgIpc) is 2.33. The van der Waals surface area contributed by atoms with E-state index in [9.17, 15) is 18.0 Å². The molecule has 0 radical (unpaired) electrons. The van der Waals surface area contributed by atoms with Gasteiger partial charge in [-0.05, 0) is 25.0 Å². The molecule has 1 rings (SSSR count). The van der Waals surface area contributed by atoms with Crippen LogP contribution in [0.25, 0.3) is 0 Å². The van der Waals surface area contributed by atoms with Crippen LogP contribution in [0, 0.1) is 0 Å². The van der Waals surface area contributed by atoms with Gasteiger partial charge in [0.05, 0.1) is 5.69 Å². The number of carboxylic acids is 1. The van der Waals surface area contributed by atoms with Gasteiger partial charge in [-0.25, -0.2) is 0 Å². The van der Waals surface area contributed by atoms with Gasteiger partial charge in [-0.1, -0.05) is 18.6 Å². The molecule has 0 amide bonds. The molecule has 1 aromatic carbocycles. The van der Waals surface area contributed by atoms with Crippen LogP contribution in [-0.4, -0.2) is 24.0 Å². The summed E-state index contributed by atoms with van der Waals surface area (Å²) in [4.78, 5) is 10.3. The van der Waals surface area contributed by atoms with Crippen LogP contribution >= 0.6 is 0 Å². The van der Waals surface area contributed by atoms with Gasteiger partial charge < -0.3 is 15.2 Å². The lowest BCUT2D eigenvalue weighted by Crippen LogP contribution is -2.18. The van der Waals surface area contributed by atoms with Crippen LogP contribution in [0.5, 0.6) is 5.75 Å². The number of carbonyl (C=O) groups is 1. The Morgan fingerprint density at radius 3 is 2.55 bits per heavy atom. The van der Waals surface area contributed by atoms with E-state index in [1.165, 1.54) is 18.2 Å². The summed E-state index contributed by atoms with van der Waals surface area (Å²) in [5.41, 5.74) is 0.267. The van der Waals surface area contributed by atoms with E-state index in [1.807, 2.05) is 0 Å². The van der Waals surface area contributed by atoms with E-state index in [1.54, 1.807) is 6.07 Å². The summed E-state index contributed by atoms with van der Waals surface area (Å²) in [5.74, 6) is -1.12. The van der Waals surface area contributed by atoms with Gasteiger partial charge in [-0.15, -0.1) is 13.2 Å². The summed E-state index contributed by atoms with van der Waals surface area (Å²) in [7, 11) is 0. The third-order valence-corrected chi connectivity index (χ3v) is 2.50. The molecule has 2 N–H and O–H groups in total. The Balaban J connectivity index is 2.38. The maximum Gasteiger partial charge on any atom is 0.573 e. The summed E-state index contributed by atoms with van der Waals surface area (Å²) in [6, 6.07) is 5.80. The Bertz CT molecular complexity index is 435. The fourth-order valence-corrected chi connectivity index (χ4v) is 1.63. The molecule has 7 heteroatoms. The number of unbranched alkanes of at least 4 members (excludes halogenated alkanes) is 2. The molecule has 20 heavy (non-hydrogen) atoms. The van der Waals surface area contributed by atoms with Gasteiger partial charge in [0.25, 0.3) is 0 Å². The van der Waals surface area contributed by atoms with Gasteiger partial charge in [-0.2, -0.15) is 0 Å². The number of aliphatic carboxylic acids is 1. The molecule has 4 nitrogen and oxygen atoms in total. The number of hydrogen-bond donors (Lipinski definition) is 2. The molecular weight excluding hydrogens is 275 g/mol. The number of ether oxygens (including phenoxy) is 1. The predicted molar refractivity (Wildman–Crippen MR) is 67.7 cm³/mol. The molecule has 0 aliphatic heterocycles. The highest BCUT2D eigenvalue weighted by Crippen LogP contribution is 2.29. The van der Waals surface area contributed by atoms with E-state index in [2.05, 4.69) is 10.1 Å². The molecular formula is C13H16F3NO3. The van der Waals surface area contributed by atoms with Gasteiger partial charge in [-0.3, -0.25) is 4.79 Å². The number of alkyl halides is 3. The summed E-state index contributed by atoms with van der Waals surface area (Å²) in [6.45, 7) is 0.456. The largest absolute Gasteiger partial charge is 0.573 e. The van der Waals surface area contributed by atoms with Crippen LogP contribution in [0.1, 0.15) is 25.7 Å². The third-order valence-electron chi connectivity index (χ3n) is 2.50. The molecule has 0 saturated heterocycles. The Kier molecular flexibility index (Phi) is 6.14. The van der Waals surface area contributed by atoms with E-state index in [4.69, 9.17) is 5.11 Å². The minimum absolute atomic E-state index is 0.105. The minimum Gasteiger partial charge on any atom is -0.481 e. The van der Waals surface area contributed by atoms with Gasteiger partial charge in [0.1, 0.15) is 0 Å². The summed E-state index contributed by atoms with van der Waals surface area (Å²) in [5, 5.41) is 11.3. The molecule has 0 unspecified atom stereocenters. The zero-order valence-electron chi connectivity index (χ0n) is 10.7. The molecule has 0 spiro atoms. The SMILES string of the molecule is O=C(O)CCCCCNc1ccccc1OC(F)(F)F. The van der Waals surface area contributed by atoms with Crippen LogP contribution in [0.2, 0.25) is 0 Å². The lowest BCUT2D eigenvalue weighted by Gasteiger charge is -2.14. The Morgan fingerprint density at radius 1 is 1.20 bits per heavy atom. The molecule has 1 aromatic rings. The highest BCUT2D eigenvalue weighted by atomic mass is 19.4. The number of nitrogens with one attached hydrogen (secondary N) is 1. The minimum atomic E-state index is -4.72. The van der Waals surface area contributed by atoms with Crippen LogP contribution in [0.4, 0.5) is 18.9 Å². The molecule has 0 fully saturated rings. The van der Waals surface area contributed by atoms with E-state index >= 15 is 0 Å². The van der Waals surface area contributed by atoms with Crippen molar-refractivity contribution in [1.29, 1.82) is 0 Å². The van der Waals surface area contributed by atoms with Gasteiger partial charge >= 0.3 is 12.3 Å². The number of benzene rings is 1. The molecule has 0 aromatic heterocycles. The number of halogens is 3. The number of rotatable bonds is 8. The number of carboxylic acid groups (broad SMARTS) is 1. The first kappa shape index (κ1) is 16.1. The van der Waals surface area contributed by atoms with Crippen molar-refractivity contribution in [1.82, 2.24) is 0 Å². The van der Waals surface area contributed by atoms with E-state index in [-0.39, 0.29) is 17.9 Å². The number of anilines is 1. The first-order chi connectivity index (χ1) is 9.38. The number of para-hydroxylation sites is 2. The quantitative estimate of drug-likeness (QED) is 0.718. The summed E-state index contributed by atoms with van der Waals surface area (Å²) < 4.78 is 40.4. The van der Waals surface area contributed by atoms with E-state index < -0.39 is 12.3 Å². The first-order valence-corrected chi connectivity index (χ1v) is 6.19. The lowest BCUT2D eigenvalue weighted by atomic mass is 10.2. The topological polar surface area (TPSA) is 58.6 Å². The first-order valence-electron chi connectivity index (χ1n) is 6.19. The van der Waals surface area contributed by atoms with Crippen molar-refractivity contribution in [3.05, 3.63) is 24.3 Å². The Morgan fingerprint density at radius 2 is 1.90 bits per heavy atom. The molecule has 0 saturated carbocycles. The Labute approximate surface area is 114 Å². The fourth-order valence-electron chi connectivity index (χ4n) is 1.63. The van der Waals surface area contributed by atoms with Crippen molar-refractivity contribution in [2.24, 2.45) is 0 Å². The van der Waals surface area contributed by atoms with Crippen LogP contribution in [0.3, 0.4) is 0 Å². The highest BCUT2D eigenvalue weighted by Gasteiger charge is 2.31. The van der Waals surface area contributed by atoms with E-state index in [0.717, 1.165) is 0 Å². The molecule has 112 valence electrons. The van der Waals surface area contributed by atoms with Crippen molar-refractivity contribution in [3.63, 3.8) is 0 Å². The second-order valence-electron chi connectivity index (χ2n) is 4.18. The van der Waals surface area contributed by atoms with Crippen LogP contribution in [0.15, 0.2) is 24.3 Å².